The fourth-order valence-corrected chi connectivity index (χ4v) is 2.09. The van der Waals surface area contributed by atoms with Crippen LogP contribution in [0, 0.1) is 11.3 Å². The Morgan fingerprint density at radius 1 is 1.37 bits per heavy atom. The predicted molar refractivity (Wildman–Crippen MR) is 73.9 cm³/mol. The highest BCUT2D eigenvalue weighted by Gasteiger charge is 2.13. The van der Waals surface area contributed by atoms with E-state index in [0.29, 0.717) is 10.6 Å². The molecule has 1 heterocycles. The molecule has 0 unspecified atom stereocenters. The van der Waals surface area contributed by atoms with Crippen LogP contribution in [0.5, 0.6) is 0 Å². The van der Waals surface area contributed by atoms with Crippen molar-refractivity contribution in [2.75, 3.05) is 39.5 Å². The van der Waals surface area contributed by atoms with E-state index in [9.17, 15) is 9.59 Å². The van der Waals surface area contributed by atoms with Gasteiger partial charge in [0, 0.05) is 14.1 Å². The monoisotopic (exact) mass is 280 g/mol. The van der Waals surface area contributed by atoms with E-state index in [-0.39, 0.29) is 24.9 Å². The van der Waals surface area contributed by atoms with Crippen molar-refractivity contribution in [1.29, 1.82) is 5.26 Å². The topological polar surface area (TPSA) is 76.4 Å². The molecule has 102 valence electrons. The second-order valence-electron chi connectivity index (χ2n) is 4.28. The number of hydrogen-bond acceptors (Lipinski definition) is 5. The van der Waals surface area contributed by atoms with E-state index >= 15 is 0 Å². The molecule has 0 saturated carbocycles. The van der Waals surface area contributed by atoms with E-state index in [1.165, 1.54) is 16.2 Å². The van der Waals surface area contributed by atoms with Crippen molar-refractivity contribution in [1.82, 2.24) is 9.80 Å². The van der Waals surface area contributed by atoms with Crippen LogP contribution in [0.25, 0.3) is 0 Å². The van der Waals surface area contributed by atoms with Gasteiger partial charge in [-0.2, -0.15) is 5.26 Å². The van der Waals surface area contributed by atoms with Crippen LogP contribution in [0.2, 0.25) is 0 Å². The maximum atomic E-state index is 11.8. The van der Waals surface area contributed by atoms with Crippen molar-refractivity contribution in [2.45, 2.75) is 0 Å². The van der Waals surface area contributed by atoms with E-state index < -0.39 is 0 Å². The maximum absolute atomic E-state index is 11.8. The Morgan fingerprint density at radius 3 is 2.63 bits per heavy atom. The third-order valence-electron chi connectivity index (χ3n) is 2.36. The van der Waals surface area contributed by atoms with Gasteiger partial charge in [0.1, 0.15) is 11.1 Å². The van der Waals surface area contributed by atoms with Gasteiger partial charge in [0.25, 0.3) is 0 Å². The zero-order valence-electron chi connectivity index (χ0n) is 11.1. The predicted octanol–water partition coefficient (Wildman–Crippen LogP) is 0.578. The summed E-state index contributed by atoms with van der Waals surface area (Å²) >= 11 is 1.30. The summed E-state index contributed by atoms with van der Waals surface area (Å²) in [5.74, 6) is -0.308. The van der Waals surface area contributed by atoms with Gasteiger partial charge in [0.05, 0.1) is 18.7 Å². The van der Waals surface area contributed by atoms with Crippen LogP contribution in [0.1, 0.15) is 5.56 Å². The molecule has 0 aliphatic carbocycles. The zero-order chi connectivity index (χ0) is 14.4. The molecule has 0 bridgehead atoms. The van der Waals surface area contributed by atoms with E-state index in [4.69, 9.17) is 5.26 Å². The first-order chi connectivity index (χ1) is 8.93. The number of likely N-dealkylation sites (N-methyl/N-ethyl adjacent to an activating group) is 2. The molecular formula is C12H16N4O2S. The number of thiophene rings is 1. The molecule has 7 heteroatoms. The highest BCUT2D eigenvalue weighted by molar-refractivity contribution is 7.14. The lowest BCUT2D eigenvalue weighted by Gasteiger charge is -2.18. The van der Waals surface area contributed by atoms with Gasteiger partial charge >= 0.3 is 0 Å². The van der Waals surface area contributed by atoms with E-state index in [1.54, 1.807) is 37.5 Å². The lowest BCUT2D eigenvalue weighted by atomic mass is 10.3. The van der Waals surface area contributed by atoms with Gasteiger partial charge in [-0.15, -0.1) is 11.3 Å². The molecule has 1 aromatic heterocycles. The normalized spacial score (nSPS) is 10.1. The minimum Gasteiger partial charge on any atom is -0.348 e. The van der Waals surface area contributed by atoms with Crippen LogP contribution in [0.4, 0.5) is 5.00 Å². The van der Waals surface area contributed by atoms with Gasteiger partial charge < -0.3 is 10.2 Å². The van der Waals surface area contributed by atoms with Crippen molar-refractivity contribution in [2.24, 2.45) is 0 Å². The molecule has 19 heavy (non-hydrogen) atoms. The number of nitrogens with one attached hydrogen (secondary N) is 1. The molecule has 0 saturated heterocycles. The average molecular weight is 280 g/mol. The summed E-state index contributed by atoms with van der Waals surface area (Å²) in [5, 5.41) is 13.8. The Balaban J connectivity index is 2.48. The van der Waals surface area contributed by atoms with Gasteiger partial charge in [-0.1, -0.05) is 0 Å². The molecule has 0 aliphatic rings. The van der Waals surface area contributed by atoms with Crippen molar-refractivity contribution in [3.8, 4) is 6.07 Å². The third kappa shape index (κ3) is 4.69. The van der Waals surface area contributed by atoms with E-state index in [2.05, 4.69) is 5.32 Å². The van der Waals surface area contributed by atoms with Crippen molar-refractivity contribution >= 4 is 28.2 Å². The lowest BCUT2D eigenvalue weighted by molar-refractivity contribution is -0.130. The van der Waals surface area contributed by atoms with Crippen molar-refractivity contribution < 1.29 is 9.59 Å². The molecule has 0 atom stereocenters. The summed E-state index contributed by atoms with van der Waals surface area (Å²) in [5.41, 5.74) is 0.449. The van der Waals surface area contributed by atoms with Crippen LogP contribution in [-0.4, -0.2) is 55.8 Å². The number of nitrogens with zero attached hydrogens (tertiary/aromatic N) is 3. The zero-order valence-corrected chi connectivity index (χ0v) is 12.0. The Bertz CT molecular complexity index is 504. The summed E-state index contributed by atoms with van der Waals surface area (Å²) in [6, 6.07) is 3.66. The van der Waals surface area contributed by atoms with Crippen LogP contribution in [-0.2, 0) is 9.59 Å². The molecule has 0 radical (unpaired) electrons. The Kier molecular flexibility index (Phi) is 5.48. The largest absolute Gasteiger partial charge is 0.348 e. The Labute approximate surface area is 116 Å². The summed E-state index contributed by atoms with van der Waals surface area (Å²) in [7, 11) is 5.03. The maximum Gasteiger partial charge on any atom is 0.239 e. The fraction of sp³-hybridized carbons (Fsp3) is 0.417. The first-order valence-electron chi connectivity index (χ1n) is 5.60. The smallest absolute Gasteiger partial charge is 0.239 e. The SMILES string of the molecule is CN(CC(=O)Nc1sccc1C#N)CC(=O)N(C)C. The number of rotatable bonds is 5. The molecule has 1 aromatic rings. The Morgan fingerprint density at radius 2 is 2.05 bits per heavy atom. The number of anilines is 1. The average Bonchev–Trinajstić information content (AvgIpc) is 2.75. The highest BCUT2D eigenvalue weighted by Crippen LogP contribution is 2.21. The first kappa shape index (κ1) is 15.1. The van der Waals surface area contributed by atoms with Crippen molar-refractivity contribution in [3.05, 3.63) is 17.0 Å². The fourth-order valence-electron chi connectivity index (χ4n) is 1.33. The van der Waals surface area contributed by atoms with Gasteiger partial charge in [0.2, 0.25) is 11.8 Å². The number of amides is 2. The van der Waals surface area contributed by atoms with Gasteiger partial charge in [-0.25, -0.2) is 0 Å². The molecular weight excluding hydrogens is 264 g/mol. The minimum atomic E-state index is -0.243. The molecule has 0 aliphatic heterocycles. The molecule has 1 N–H and O–H groups in total. The molecule has 0 spiro atoms. The van der Waals surface area contributed by atoms with Gasteiger partial charge in [-0.05, 0) is 18.5 Å². The number of nitriles is 1. The molecule has 6 nitrogen and oxygen atoms in total. The molecule has 1 rings (SSSR count). The van der Waals surface area contributed by atoms with Gasteiger partial charge in [-0.3, -0.25) is 14.5 Å². The standard InChI is InChI=1S/C12H16N4O2S/c1-15(2)11(18)8-16(3)7-10(17)14-12-9(6-13)4-5-19-12/h4-5H,7-8H2,1-3H3,(H,14,17). The van der Waals surface area contributed by atoms with E-state index in [1.807, 2.05) is 6.07 Å². The summed E-state index contributed by atoms with van der Waals surface area (Å²) in [4.78, 5) is 26.3. The number of carbonyl (C=O) groups is 2. The third-order valence-corrected chi connectivity index (χ3v) is 3.19. The van der Waals surface area contributed by atoms with Crippen LogP contribution >= 0.6 is 11.3 Å². The summed E-state index contributed by atoms with van der Waals surface area (Å²) in [6.07, 6.45) is 0. The minimum absolute atomic E-state index is 0.0656. The Hall–Kier alpha value is -1.91. The highest BCUT2D eigenvalue weighted by atomic mass is 32.1. The summed E-state index contributed by atoms with van der Waals surface area (Å²) < 4.78 is 0. The molecule has 2 amide bonds. The van der Waals surface area contributed by atoms with Gasteiger partial charge in [0.15, 0.2) is 0 Å². The van der Waals surface area contributed by atoms with E-state index in [0.717, 1.165) is 0 Å². The molecule has 0 fully saturated rings. The second kappa shape index (κ2) is 6.87. The number of hydrogen-bond donors (Lipinski definition) is 1. The van der Waals surface area contributed by atoms with Crippen LogP contribution in [0.15, 0.2) is 11.4 Å². The lowest BCUT2D eigenvalue weighted by Crippen LogP contribution is -2.38. The number of carbonyl (C=O) groups excluding carboxylic acids is 2. The van der Waals surface area contributed by atoms with Crippen LogP contribution < -0.4 is 5.32 Å². The van der Waals surface area contributed by atoms with Crippen LogP contribution in [0.3, 0.4) is 0 Å². The van der Waals surface area contributed by atoms with Crippen molar-refractivity contribution in [3.63, 3.8) is 0 Å². The quantitative estimate of drug-likeness (QED) is 0.856. The summed E-state index contributed by atoms with van der Waals surface area (Å²) in [6.45, 7) is 0.276. The molecule has 0 aromatic carbocycles. The first-order valence-corrected chi connectivity index (χ1v) is 6.48. The second-order valence-corrected chi connectivity index (χ2v) is 5.20.